The van der Waals surface area contributed by atoms with Gasteiger partial charge in [0.25, 0.3) is 0 Å². The zero-order chi connectivity index (χ0) is 19.6. The Kier molecular flexibility index (Phi) is 5.33. The fourth-order valence-corrected chi connectivity index (χ4v) is 3.12. The van der Waals surface area contributed by atoms with Gasteiger partial charge in [0.15, 0.2) is 11.6 Å². The lowest BCUT2D eigenvalue weighted by Gasteiger charge is -2.36. The summed E-state index contributed by atoms with van der Waals surface area (Å²) in [7, 11) is 0. The minimum Gasteiger partial charge on any atom is -0.364 e. The molecule has 0 radical (unpaired) electrons. The first kappa shape index (κ1) is 19.1. The fraction of sp³-hybridized carbons (Fsp3) is 0.316. The number of nitrogens with zero attached hydrogens (tertiary/aromatic N) is 3. The lowest BCUT2D eigenvalue weighted by Crippen LogP contribution is -2.46. The Morgan fingerprint density at radius 2 is 1.48 bits per heavy atom. The van der Waals surface area contributed by atoms with Crippen LogP contribution in [-0.4, -0.2) is 31.1 Å². The highest BCUT2D eigenvalue weighted by Crippen LogP contribution is 2.29. The van der Waals surface area contributed by atoms with Crippen LogP contribution in [0.2, 0.25) is 0 Å². The van der Waals surface area contributed by atoms with Crippen molar-refractivity contribution >= 4 is 5.69 Å². The van der Waals surface area contributed by atoms with E-state index in [0.29, 0.717) is 32.7 Å². The number of nitriles is 1. The molecule has 2 aromatic carbocycles. The van der Waals surface area contributed by atoms with E-state index in [0.717, 1.165) is 29.8 Å². The molecule has 0 spiro atoms. The maximum atomic E-state index is 14.1. The summed E-state index contributed by atoms with van der Waals surface area (Å²) in [5.74, 6) is -1.55. The maximum absolute atomic E-state index is 14.1. The highest BCUT2D eigenvalue weighted by molar-refractivity contribution is 5.53. The van der Waals surface area contributed by atoms with Crippen LogP contribution in [0.15, 0.2) is 36.4 Å². The van der Waals surface area contributed by atoms with E-state index in [1.165, 1.54) is 12.1 Å². The molecule has 2 aromatic rings. The van der Waals surface area contributed by atoms with E-state index < -0.39 is 23.4 Å². The largest absolute Gasteiger partial charge is 0.416 e. The van der Waals surface area contributed by atoms with Gasteiger partial charge in [-0.25, -0.2) is 8.78 Å². The van der Waals surface area contributed by atoms with Gasteiger partial charge in [-0.05, 0) is 29.8 Å². The van der Waals surface area contributed by atoms with E-state index in [4.69, 9.17) is 5.26 Å². The summed E-state index contributed by atoms with van der Waals surface area (Å²) in [6, 6.07) is 8.70. The van der Waals surface area contributed by atoms with Crippen molar-refractivity contribution in [3.05, 3.63) is 64.7 Å². The van der Waals surface area contributed by atoms with Crippen molar-refractivity contribution in [3.63, 3.8) is 0 Å². The third kappa shape index (κ3) is 4.37. The molecule has 3 nitrogen and oxygen atoms in total. The number of anilines is 1. The molecule has 27 heavy (non-hydrogen) atoms. The molecule has 0 atom stereocenters. The van der Waals surface area contributed by atoms with Crippen LogP contribution in [0.1, 0.15) is 16.7 Å². The maximum Gasteiger partial charge on any atom is 0.416 e. The lowest BCUT2D eigenvalue weighted by molar-refractivity contribution is -0.137. The van der Waals surface area contributed by atoms with Gasteiger partial charge in [0.05, 0.1) is 17.2 Å². The van der Waals surface area contributed by atoms with Crippen LogP contribution in [0.5, 0.6) is 0 Å². The Hall–Kier alpha value is -2.66. The van der Waals surface area contributed by atoms with Gasteiger partial charge in [-0.15, -0.1) is 0 Å². The van der Waals surface area contributed by atoms with Crippen molar-refractivity contribution in [1.82, 2.24) is 4.90 Å². The van der Waals surface area contributed by atoms with Gasteiger partial charge in [0, 0.05) is 32.7 Å². The summed E-state index contributed by atoms with van der Waals surface area (Å²) in [4.78, 5) is 3.59. The smallest absolute Gasteiger partial charge is 0.364 e. The molecule has 0 unspecified atom stereocenters. The van der Waals surface area contributed by atoms with E-state index in [-0.39, 0.29) is 11.3 Å². The van der Waals surface area contributed by atoms with Gasteiger partial charge in [0.1, 0.15) is 5.69 Å². The summed E-state index contributed by atoms with van der Waals surface area (Å²) < 4.78 is 66.0. The van der Waals surface area contributed by atoms with Crippen molar-refractivity contribution in [1.29, 1.82) is 5.26 Å². The first-order valence-electron chi connectivity index (χ1n) is 8.30. The van der Waals surface area contributed by atoms with E-state index in [2.05, 4.69) is 0 Å². The highest BCUT2D eigenvalue weighted by Gasteiger charge is 2.30. The molecule has 1 fully saturated rings. The van der Waals surface area contributed by atoms with Gasteiger partial charge < -0.3 is 4.90 Å². The molecule has 0 aromatic heterocycles. The molecule has 1 saturated heterocycles. The Bertz CT molecular complexity index is 824. The monoisotopic (exact) mass is 381 g/mol. The first-order chi connectivity index (χ1) is 12.8. The van der Waals surface area contributed by atoms with Crippen LogP contribution in [-0.2, 0) is 12.7 Å². The second-order valence-corrected chi connectivity index (χ2v) is 6.36. The molecule has 0 amide bonds. The van der Waals surface area contributed by atoms with Crippen LogP contribution in [0.3, 0.4) is 0 Å². The third-order valence-corrected chi connectivity index (χ3v) is 4.52. The number of benzene rings is 2. The van der Waals surface area contributed by atoms with Crippen LogP contribution < -0.4 is 4.90 Å². The predicted molar refractivity (Wildman–Crippen MR) is 90.0 cm³/mol. The number of hydrogen-bond donors (Lipinski definition) is 0. The van der Waals surface area contributed by atoms with Crippen LogP contribution in [0.4, 0.5) is 27.6 Å². The second-order valence-electron chi connectivity index (χ2n) is 6.36. The van der Waals surface area contributed by atoms with E-state index >= 15 is 0 Å². The minimum absolute atomic E-state index is 0.0744. The second kappa shape index (κ2) is 7.53. The van der Waals surface area contributed by atoms with Crippen LogP contribution >= 0.6 is 0 Å². The van der Waals surface area contributed by atoms with Crippen molar-refractivity contribution < 1.29 is 22.0 Å². The number of piperazine rings is 1. The molecule has 142 valence electrons. The Morgan fingerprint density at radius 1 is 0.926 bits per heavy atom. The third-order valence-electron chi connectivity index (χ3n) is 4.52. The fourth-order valence-electron chi connectivity index (χ4n) is 3.12. The summed E-state index contributed by atoms with van der Waals surface area (Å²) in [6.07, 6.45) is -4.36. The lowest BCUT2D eigenvalue weighted by atomic mass is 10.1. The topological polar surface area (TPSA) is 30.3 Å². The number of hydrogen-bond acceptors (Lipinski definition) is 3. The van der Waals surface area contributed by atoms with Gasteiger partial charge >= 0.3 is 6.18 Å². The summed E-state index contributed by atoms with van der Waals surface area (Å²) in [5.41, 5.74) is -0.173. The molecule has 0 saturated carbocycles. The molecule has 0 aliphatic carbocycles. The van der Waals surface area contributed by atoms with Gasteiger partial charge in [-0.2, -0.15) is 18.4 Å². The van der Waals surface area contributed by atoms with E-state index in [9.17, 15) is 22.0 Å². The van der Waals surface area contributed by atoms with Gasteiger partial charge in [-0.1, -0.05) is 12.1 Å². The zero-order valence-electron chi connectivity index (χ0n) is 14.2. The quantitative estimate of drug-likeness (QED) is 0.748. The Morgan fingerprint density at radius 3 is 1.96 bits per heavy atom. The molecule has 3 rings (SSSR count). The highest BCUT2D eigenvalue weighted by atomic mass is 19.4. The minimum atomic E-state index is -4.36. The SMILES string of the molecule is N#Cc1cc(F)c(N2CCN(Cc3ccc(C(F)(F)F)cc3)CC2)c(F)c1. The predicted octanol–water partition coefficient (Wildman–Crippen LogP) is 4.18. The molecule has 0 N–H and O–H groups in total. The molecule has 1 aliphatic heterocycles. The Balaban J connectivity index is 1.62. The van der Waals surface area contributed by atoms with Crippen LogP contribution in [0, 0.1) is 23.0 Å². The normalized spacial score (nSPS) is 15.6. The average molecular weight is 381 g/mol. The van der Waals surface area contributed by atoms with E-state index in [1.807, 2.05) is 4.90 Å². The van der Waals surface area contributed by atoms with Gasteiger partial charge in [0.2, 0.25) is 0 Å². The molecule has 8 heteroatoms. The van der Waals surface area contributed by atoms with Gasteiger partial charge in [-0.3, -0.25) is 4.90 Å². The van der Waals surface area contributed by atoms with Crippen molar-refractivity contribution in [2.75, 3.05) is 31.1 Å². The molecular weight excluding hydrogens is 365 g/mol. The first-order valence-corrected chi connectivity index (χ1v) is 8.30. The molecule has 0 bridgehead atoms. The zero-order valence-corrected chi connectivity index (χ0v) is 14.2. The number of alkyl halides is 3. The van der Waals surface area contributed by atoms with Crippen LogP contribution in [0.25, 0.3) is 0 Å². The molecule has 1 heterocycles. The molecular formula is C19H16F5N3. The Labute approximate surface area is 153 Å². The average Bonchev–Trinajstić information content (AvgIpc) is 2.62. The summed E-state index contributed by atoms with van der Waals surface area (Å²) >= 11 is 0. The molecule has 1 aliphatic rings. The van der Waals surface area contributed by atoms with E-state index in [1.54, 1.807) is 11.0 Å². The van der Waals surface area contributed by atoms with Crippen molar-refractivity contribution in [2.45, 2.75) is 12.7 Å². The number of rotatable bonds is 3. The standard InChI is InChI=1S/C19H16F5N3/c20-16-9-14(11-25)10-17(21)18(16)27-7-5-26(6-8-27)12-13-1-3-15(4-2-13)19(22,23)24/h1-4,9-10H,5-8,12H2. The number of halogens is 5. The van der Waals surface area contributed by atoms with Crippen molar-refractivity contribution in [2.24, 2.45) is 0 Å². The van der Waals surface area contributed by atoms with Crippen molar-refractivity contribution in [3.8, 4) is 6.07 Å². The summed E-state index contributed by atoms with van der Waals surface area (Å²) in [5, 5.41) is 8.76. The summed E-state index contributed by atoms with van der Waals surface area (Å²) in [6.45, 7) is 2.24.